The lowest BCUT2D eigenvalue weighted by Gasteiger charge is -2.12. The van der Waals surface area contributed by atoms with E-state index in [-0.39, 0.29) is 18.0 Å². The van der Waals surface area contributed by atoms with Gasteiger partial charge in [-0.1, -0.05) is 18.2 Å². The van der Waals surface area contributed by atoms with Crippen molar-refractivity contribution in [2.75, 3.05) is 17.7 Å². The van der Waals surface area contributed by atoms with Crippen LogP contribution in [-0.4, -0.2) is 25.1 Å². The van der Waals surface area contributed by atoms with Crippen LogP contribution in [0.2, 0.25) is 0 Å². The molecule has 0 unspecified atom stereocenters. The van der Waals surface area contributed by atoms with Gasteiger partial charge in [0, 0.05) is 34.1 Å². The van der Waals surface area contributed by atoms with E-state index in [0.29, 0.717) is 28.3 Å². The monoisotopic (exact) mass is 417 g/mol. The van der Waals surface area contributed by atoms with Crippen LogP contribution in [0.15, 0.2) is 65.1 Å². The van der Waals surface area contributed by atoms with Crippen LogP contribution in [0.4, 0.5) is 16.2 Å². The van der Waals surface area contributed by atoms with E-state index >= 15 is 0 Å². The number of anilines is 2. The highest BCUT2D eigenvalue weighted by molar-refractivity contribution is 6.10. The molecule has 0 saturated carbocycles. The van der Waals surface area contributed by atoms with Gasteiger partial charge in [0.1, 0.15) is 16.9 Å². The van der Waals surface area contributed by atoms with Crippen LogP contribution in [0.1, 0.15) is 24.2 Å². The van der Waals surface area contributed by atoms with E-state index in [2.05, 4.69) is 16.0 Å². The van der Waals surface area contributed by atoms with Gasteiger partial charge in [-0.2, -0.15) is 0 Å². The Kier molecular flexibility index (Phi) is 5.49. The maximum absolute atomic E-state index is 12.8. The van der Waals surface area contributed by atoms with Gasteiger partial charge in [0.2, 0.25) is 0 Å². The van der Waals surface area contributed by atoms with E-state index in [9.17, 15) is 9.59 Å². The smallest absolute Gasteiger partial charge is 0.319 e. The first kappa shape index (κ1) is 20.3. The molecule has 0 spiro atoms. The number of urea groups is 1. The van der Waals surface area contributed by atoms with E-state index in [1.165, 1.54) is 0 Å². The molecule has 3 amide bonds. The molecule has 158 valence electrons. The molecule has 0 bridgehead atoms. The maximum atomic E-state index is 12.8. The Balaban J connectivity index is 1.55. The molecular weight excluding hydrogens is 394 g/mol. The number of hydrogen-bond acceptors (Lipinski definition) is 4. The first-order chi connectivity index (χ1) is 14.9. The lowest BCUT2D eigenvalue weighted by Crippen LogP contribution is -2.34. The molecule has 4 aromatic rings. The van der Waals surface area contributed by atoms with Crippen LogP contribution in [0.3, 0.4) is 0 Å². The minimum absolute atomic E-state index is 0.0316. The van der Waals surface area contributed by atoms with E-state index < -0.39 is 0 Å². The van der Waals surface area contributed by atoms with E-state index in [1.807, 2.05) is 44.2 Å². The summed E-state index contributed by atoms with van der Waals surface area (Å²) in [4.78, 5) is 24.6. The van der Waals surface area contributed by atoms with Gasteiger partial charge >= 0.3 is 6.03 Å². The second kappa shape index (κ2) is 8.39. The van der Waals surface area contributed by atoms with Gasteiger partial charge in [0.15, 0.2) is 0 Å². The van der Waals surface area contributed by atoms with Crippen molar-refractivity contribution in [3.05, 3.63) is 66.2 Å². The minimum Gasteiger partial charge on any atom is -0.495 e. The molecule has 0 atom stereocenters. The van der Waals surface area contributed by atoms with E-state index in [1.54, 1.807) is 37.4 Å². The summed E-state index contributed by atoms with van der Waals surface area (Å²) in [5.41, 5.74) is 2.98. The van der Waals surface area contributed by atoms with Gasteiger partial charge in [-0.3, -0.25) is 4.79 Å². The Hall–Kier alpha value is -4.00. The zero-order valence-corrected chi connectivity index (χ0v) is 17.5. The van der Waals surface area contributed by atoms with Crippen LogP contribution >= 0.6 is 0 Å². The number of nitrogens with one attached hydrogen (secondary N) is 3. The summed E-state index contributed by atoms with van der Waals surface area (Å²) in [6.07, 6.45) is 0. The van der Waals surface area contributed by atoms with Gasteiger partial charge < -0.3 is 25.1 Å². The summed E-state index contributed by atoms with van der Waals surface area (Å²) in [6, 6.07) is 17.7. The quantitative estimate of drug-likeness (QED) is 0.407. The highest BCUT2D eigenvalue weighted by Gasteiger charge is 2.15. The van der Waals surface area contributed by atoms with Crippen molar-refractivity contribution < 1.29 is 18.7 Å². The summed E-state index contributed by atoms with van der Waals surface area (Å²) < 4.78 is 11.4. The first-order valence-electron chi connectivity index (χ1n) is 9.93. The number of hydrogen-bond donors (Lipinski definition) is 3. The number of para-hydroxylation sites is 1. The molecule has 0 fully saturated rings. The summed E-state index contributed by atoms with van der Waals surface area (Å²) in [6.45, 7) is 3.76. The fraction of sp³-hybridized carbons (Fsp3) is 0.167. The molecule has 0 saturated heterocycles. The fourth-order valence-electron chi connectivity index (χ4n) is 3.35. The van der Waals surface area contributed by atoms with Gasteiger partial charge in [0.05, 0.1) is 12.8 Å². The second-order valence-electron chi connectivity index (χ2n) is 7.43. The van der Waals surface area contributed by atoms with Crippen molar-refractivity contribution >= 4 is 45.3 Å². The number of fused-ring (bicyclic) bond motifs is 3. The molecule has 7 nitrogen and oxygen atoms in total. The molecule has 0 radical (unpaired) electrons. The standard InChI is InChI=1S/C24H23N3O4/c1-14(2)25-24(29)26-16-10-8-15(9-11-16)23(28)27-19-13-21-18(12-22(19)30-3)17-6-4-5-7-20(17)31-21/h4-14H,1-3H3,(H,27,28)(H2,25,26,29). The summed E-state index contributed by atoms with van der Waals surface area (Å²) in [5, 5.41) is 10.3. The topological polar surface area (TPSA) is 92.6 Å². The van der Waals surface area contributed by atoms with Gasteiger partial charge in [0.25, 0.3) is 5.91 Å². The van der Waals surface area contributed by atoms with Crippen molar-refractivity contribution in [3.8, 4) is 5.75 Å². The normalized spacial score (nSPS) is 11.0. The molecule has 4 rings (SSSR count). The molecule has 0 aliphatic rings. The third-order valence-electron chi connectivity index (χ3n) is 4.77. The van der Waals surface area contributed by atoms with Crippen molar-refractivity contribution in [2.45, 2.75) is 19.9 Å². The van der Waals surface area contributed by atoms with Crippen LogP contribution in [0.25, 0.3) is 21.9 Å². The third kappa shape index (κ3) is 4.30. The Bertz CT molecular complexity index is 1260. The lowest BCUT2D eigenvalue weighted by molar-refractivity contribution is 0.102. The number of carbonyl (C=O) groups excluding carboxylic acids is 2. The SMILES string of the molecule is COc1cc2c(cc1NC(=O)c1ccc(NC(=O)NC(C)C)cc1)oc1ccccc12. The number of ether oxygens (including phenoxy) is 1. The van der Waals surface area contributed by atoms with E-state index in [4.69, 9.17) is 9.15 Å². The first-order valence-corrected chi connectivity index (χ1v) is 9.93. The summed E-state index contributed by atoms with van der Waals surface area (Å²) in [5.74, 6) is 0.239. The van der Waals surface area contributed by atoms with Crippen molar-refractivity contribution in [2.24, 2.45) is 0 Å². The Labute approximate surface area is 179 Å². The maximum Gasteiger partial charge on any atom is 0.319 e. The molecule has 7 heteroatoms. The average Bonchev–Trinajstić information content (AvgIpc) is 3.10. The van der Waals surface area contributed by atoms with Crippen molar-refractivity contribution in [3.63, 3.8) is 0 Å². The predicted octanol–water partition coefficient (Wildman–Crippen LogP) is 5.38. The molecule has 1 aromatic heterocycles. The minimum atomic E-state index is -0.299. The van der Waals surface area contributed by atoms with Crippen molar-refractivity contribution in [1.82, 2.24) is 5.32 Å². The largest absolute Gasteiger partial charge is 0.495 e. The lowest BCUT2D eigenvalue weighted by atomic mass is 10.1. The molecule has 3 aromatic carbocycles. The molecule has 3 N–H and O–H groups in total. The number of carbonyl (C=O) groups is 2. The number of methoxy groups -OCH3 is 1. The average molecular weight is 417 g/mol. The van der Waals surface area contributed by atoms with Crippen LogP contribution in [0.5, 0.6) is 5.75 Å². The summed E-state index contributed by atoms with van der Waals surface area (Å²) >= 11 is 0. The molecule has 0 aliphatic carbocycles. The Morgan fingerprint density at radius 2 is 1.65 bits per heavy atom. The predicted molar refractivity (Wildman–Crippen MR) is 122 cm³/mol. The zero-order valence-electron chi connectivity index (χ0n) is 17.5. The highest BCUT2D eigenvalue weighted by Crippen LogP contribution is 2.36. The van der Waals surface area contributed by atoms with Gasteiger partial charge in [-0.15, -0.1) is 0 Å². The highest BCUT2D eigenvalue weighted by atomic mass is 16.5. The number of benzene rings is 3. The third-order valence-corrected chi connectivity index (χ3v) is 4.77. The Morgan fingerprint density at radius 3 is 2.35 bits per heavy atom. The van der Waals surface area contributed by atoms with Crippen molar-refractivity contribution in [1.29, 1.82) is 0 Å². The number of rotatable bonds is 5. The van der Waals surface area contributed by atoms with Gasteiger partial charge in [-0.25, -0.2) is 4.79 Å². The molecule has 0 aliphatic heterocycles. The number of amides is 3. The van der Waals surface area contributed by atoms with Crippen LogP contribution in [-0.2, 0) is 0 Å². The summed E-state index contributed by atoms with van der Waals surface area (Å²) in [7, 11) is 1.56. The van der Waals surface area contributed by atoms with E-state index in [0.717, 1.165) is 16.4 Å². The van der Waals surface area contributed by atoms with Gasteiger partial charge in [-0.05, 0) is 50.2 Å². The number of furan rings is 1. The molecular formula is C24H23N3O4. The van der Waals surface area contributed by atoms with Crippen LogP contribution < -0.4 is 20.7 Å². The second-order valence-corrected chi connectivity index (χ2v) is 7.43. The molecule has 1 heterocycles. The van der Waals surface area contributed by atoms with Crippen LogP contribution in [0, 0.1) is 0 Å². The Morgan fingerprint density at radius 1 is 0.903 bits per heavy atom. The zero-order chi connectivity index (χ0) is 22.0. The molecule has 31 heavy (non-hydrogen) atoms. The fourth-order valence-corrected chi connectivity index (χ4v) is 3.35.